The lowest BCUT2D eigenvalue weighted by Crippen LogP contribution is -2.17. The number of alkyl halides is 1. The predicted octanol–water partition coefficient (Wildman–Crippen LogP) is 3.40. The molecule has 1 aromatic rings. The van der Waals surface area contributed by atoms with E-state index in [0.29, 0.717) is 4.83 Å². The molecule has 1 aromatic carbocycles. The third-order valence-corrected chi connectivity index (χ3v) is 3.47. The second-order valence-electron chi connectivity index (χ2n) is 4.21. The van der Waals surface area contributed by atoms with Crippen molar-refractivity contribution in [3.63, 3.8) is 0 Å². The molecule has 1 aliphatic rings. The number of hydrogen-bond acceptors (Lipinski definition) is 1. The summed E-state index contributed by atoms with van der Waals surface area (Å²) in [6, 6.07) is 6.71. The first-order chi connectivity index (χ1) is 7.15. The molecule has 0 N–H and O–H groups in total. The van der Waals surface area contributed by atoms with E-state index in [1.165, 1.54) is 16.7 Å². The zero-order chi connectivity index (χ0) is 10.8. The van der Waals surface area contributed by atoms with Crippen LogP contribution in [-0.4, -0.2) is 16.3 Å². The third-order valence-electron chi connectivity index (χ3n) is 2.87. The summed E-state index contributed by atoms with van der Waals surface area (Å²) in [5.41, 5.74) is 4.14. The lowest BCUT2D eigenvalue weighted by molar-refractivity contribution is 0.404. The Labute approximate surface area is 99.9 Å². The topological polar surface area (TPSA) is 3.24 Å². The summed E-state index contributed by atoms with van der Waals surface area (Å²) in [4.78, 5) is 2.85. The van der Waals surface area contributed by atoms with Crippen molar-refractivity contribution in [2.75, 3.05) is 6.54 Å². The Hall–Kier alpha value is -0.760. The van der Waals surface area contributed by atoms with Crippen LogP contribution >= 0.6 is 15.9 Å². The molecule has 1 aliphatic heterocycles. The molecule has 1 heterocycles. The molecular formula is C13H16BrN. The van der Waals surface area contributed by atoms with Gasteiger partial charge in [-0.3, -0.25) is 0 Å². The normalized spacial score (nSPS) is 19.9. The molecule has 2 heteroatoms. The van der Waals surface area contributed by atoms with Crippen LogP contribution in [0.15, 0.2) is 30.5 Å². The van der Waals surface area contributed by atoms with Crippen molar-refractivity contribution in [1.82, 2.24) is 4.90 Å². The second kappa shape index (κ2) is 4.40. The number of benzene rings is 1. The van der Waals surface area contributed by atoms with Gasteiger partial charge in [-0.25, -0.2) is 0 Å². The predicted molar refractivity (Wildman–Crippen MR) is 68.2 cm³/mol. The zero-order valence-electron chi connectivity index (χ0n) is 9.20. The Morgan fingerprint density at radius 2 is 2.13 bits per heavy atom. The Morgan fingerprint density at radius 3 is 2.73 bits per heavy atom. The lowest BCUT2D eigenvalue weighted by Gasteiger charge is -2.17. The van der Waals surface area contributed by atoms with Crippen molar-refractivity contribution < 1.29 is 0 Å². The van der Waals surface area contributed by atoms with Gasteiger partial charge in [0.2, 0.25) is 0 Å². The number of hydrogen-bond donors (Lipinski definition) is 0. The molecule has 1 atom stereocenters. The van der Waals surface area contributed by atoms with Crippen molar-refractivity contribution in [2.45, 2.75) is 25.2 Å². The fourth-order valence-corrected chi connectivity index (χ4v) is 2.32. The molecule has 0 spiro atoms. The van der Waals surface area contributed by atoms with E-state index in [1.807, 2.05) is 0 Å². The minimum Gasteiger partial charge on any atom is -0.372 e. The van der Waals surface area contributed by atoms with Gasteiger partial charge in [0.25, 0.3) is 0 Å². The minimum atomic E-state index is 0.518. The average molecular weight is 266 g/mol. The lowest BCUT2D eigenvalue weighted by atomic mass is 10.1. The van der Waals surface area contributed by atoms with Crippen molar-refractivity contribution in [3.8, 4) is 0 Å². The summed E-state index contributed by atoms with van der Waals surface area (Å²) in [5.74, 6) is 0. The highest BCUT2D eigenvalue weighted by Crippen LogP contribution is 2.17. The second-order valence-corrected chi connectivity index (χ2v) is 5.38. The number of rotatable bonds is 2. The maximum Gasteiger partial charge on any atom is 0.0517 e. The van der Waals surface area contributed by atoms with E-state index in [1.54, 1.807) is 0 Å². The molecule has 15 heavy (non-hydrogen) atoms. The SMILES string of the molecule is Cc1ccc(CN2C=CC(Br)C2)cc1C. The fourth-order valence-electron chi connectivity index (χ4n) is 1.81. The van der Waals surface area contributed by atoms with Crippen LogP contribution in [0.4, 0.5) is 0 Å². The zero-order valence-corrected chi connectivity index (χ0v) is 10.8. The van der Waals surface area contributed by atoms with Gasteiger partial charge in [-0.05, 0) is 36.7 Å². The molecule has 1 nitrogen and oxygen atoms in total. The van der Waals surface area contributed by atoms with Crippen LogP contribution in [0.25, 0.3) is 0 Å². The van der Waals surface area contributed by atoms with Crippen molar-refractivity contribution in [3.05, 3.63) is 47.2 Å². The number of aryl methyl sites for hydroxylation is 2. The summed E-state index contributed by atoms with van der Waals surface area (Å²) in [7, 11) is 0. The molecule has 0 saturated carbocycles. The highest BCUT2D eigenvalue weighted by atomic mass is 79.9. The monoisotopic (exact) mass is 265 g/mol. The molecule has 80 valence electrons. The van der Waals surface area contributed by atoms with Gasteiger partial charge >= 0.3 is 0 Å². The summed E-state index contributed by atoms with van der Waals surface area (Å²) in [6.07, 6.45) is 4.37. The molecule has 0 fully saturated rings. The summed E-state index contributed by atoms with van der Waals surface area (Å²) in [6.45, 7) is 6.42. The van der Waals surface area contributed by atoms with Gasteiger partial charge in [0, 0.05) is 13.1 Å². The van der Waals surface area contributed by atoms with Gasteiger partial charge in [0.05, 0.1) is 4.83 Å². The van der Waals surface area contributed by atoms with E-state index < -0.39 is 0 Å². The van der Waals surface area contributed by atoms with Crippen molar-refractivity contribution in [2.24, 2.45) is 0 Å². The maximum atomic E-state index is 3.59. The van der Waals surface area contributed by atoms with Gasteiger partial charge < -0.3 is 4.90 Å². The van der Waals surface area contributed by atoms with E-state index in [4.69, 9.17) is 0 Å². The Bertz CT molecular complexity index is 384. The van der Waals surface area contributed by atoms with E-state index in [0.717, 1.165) is 13.1 Å². The molecule has 0 aliphatic carbocycles. The Balaban J connectivity index is 2.05. The quantitative estimate of drug-likeness (QED) is 0.741. The number of nitrogens with zero attached hydrogens (tertiary/aromatic N) is 1. The van der Waals surface area contributed by atoms with Crippen molar-refractivity contribution >= 4 is 15.9 Å². The van der Waals surface area contributed by atoms with Crippen LogP contribution in [-0.2, 0) is 6.54 Å². The van der Waals surface area contributed by atoms with Gasteiger partial charge in [-0.1, -0.05) is 40.2 Å². The Morgan fingerprint density at radius 1 is 1.33 bits per heavy atom. The van der Waals surface area contributed by atoms with E-state index in [9.17, 15) is 0 Å². The highest BCUT2D eigenvalue weighted by molar-refractivity contribution is 9.09. The molecule has 1 unspecified atom stereocenters. The number of halogens is 1. The summed E-state index contributed by atoms with van der Waals surface area (Å²) in [5, 5.41) is 0. The first kappa shape index (κ1) is 10.7. The molecule has 2 rings (SSSR count). The van der Waals surface area contributed by atoms with Gasteiger partial charge in [0.1, 0.15) is 0 Å². The largest absolute Gasteiger partial charge is 0.372 e. The summed E-state index contributed by atoms with van der Waals surface area (Å²) < 4.78 is 0. The van der Waals surface area contributed by atoms with Gasteiger partial charge in [0.15, 0.2) is 0 Å². The average Bonchev–Trinajstić information content (AvgIpc) is 2.58. The van der Waals surface area contributed by atoms with Crippen LogP contribution < -0.4 is 0 Å². The first-order valence-corrected chi connectivity index (χ1v) is 6.19. The first-order valence-electron chi connectivity index (χ1n) is 5.28. The molecule has 0 saturated heterocycles. The smallest absolute Gasteiger partial charge is 0.0517 e. The van der Waals surface area contributed by atoms with Gasteiger partial charge in [-0.15, -0.1) is 0 Å². The standard InChI is InChI=1S/C13H16BrN/c1-10-3-4-12(7-11(10)2)8-15-6-5-13(14)9-15/h3-7,13H,8-9H2,1-2H3. The molecular weight excluding hydrogens is 250 g/mol. The van der Waals surface area contributed by atoms with Crippen LogP contribution in [0.2, 0.25) is 0 Å². The Kier molecular flexibility index (Phi) is 3.15. The fraction of sp³-hybridized carbons (Fsp3) is 0.385. The molecule has 0 aromatic heterocycles. The van der Waals surface area contributed by atoms with E-state index >= 15 is 0 Å². The third kappa shape index (κ3) is 2.63. The van der Waals surface area contributed by atoms with Crippen LogP contribution in [0, 0.1) is 13.8 Å². The minimum absolute atomic E-state index is 0.518. The van der Waals surface area contributed by atoms with Gasteiger partial charge in [-0.2, -0.15) is 0 Å². The van der Waals surface area contributed by atoms with Crippen LogP contribution in [0.1, 0.15) is 16.7 Å². The van der Waals surface area contributed by atoms with Crippen LogP contribution in [0.3, 0.4) is 0 Å². The molecule has 0 bridgehead atoms. The van der Waals surface area contributed by atoms with E-state index in [-0.39, 0.29) is 0 Å². The molecule has 0 amide bonds. The highest BCUT2D eigenvalue weighted by Gasteiger charge is 2.12. The molecule has 0 radical (unpaired) electrons. The van der Waals surface area contributed by atoms with Crippen molar-refractivity contribution in [1.29, 1.82) is 0 Å². The summed E-state index contributed by atoms with van der Waals surface area (Å²) >= 11 is 3.59. The maximum absolute atomic E-state index is 3.59. The van der Waals surface area contributed by atoms with E-state index in [2.05, 4.69) is 65.2 Å². The van der Waals surface area contributed by atoms with Crippen LogP contribution in [0.5, 0.6) is 0 Å².